The minimum atomic E-state index is -0.894. The van der Waals surface area contributed by atoms with E-state index in [-0.39, 0.29) is 17.4 Å². The van der Waals surface area contributed by atoms with E-state index in [9.17, 15) is 9.59 Å². The van der Waals surface area contributed by atoms with Gasteiger partial charge in [-0.25, -0.2) is 0 Å². The molecule has 0 bridgehead atoms. The van der Waals surface area contributed by atoms with Gasteiger partial charge in [-0.05, 0) is 48.1 Å². The largest absolute Gasteiger partial charge is 0.481 e. The maximum Gasteiger partial charge on any atom is 0.307 e. The van der Waals surface area contributed by atoms with E-state index in [1.165, 1.54) is 0 Å². The summed E-state index contributed by atoms with van der Waals surface area (Å²) >= 11 is 10.9. The molecule has 0 aliphatic carbocycles. The lowest BCUT2D eigenvalue weighted by Gasteiger charge is -2.10. The minimum Gasteiger partial charge on any atom is -0.481 e. The van der Waals surface area contributed by atoms with Crippen LogP contribution in [0.15, 0.2) is 48.5 Å². The van der Waals surface area contributed by atoms with E-state index in [0.29, 0.717) is 21.8 Å². The van der Waals surface area contributed by atoms with Crippen LogP contribution >= 0.6 is 23.8 Å². The number of amides is 1. The molecule has 2 aromatic rings. The molecule has 1 amide bonds. The summed E-state index contributed by atoms with van der Waals surface area (Å²) in [7, 11) is 0. The molecule has 0 aliphatic rings. The van der Waals surface area contributed by atoms with Crippen LogP contribution in [0.4, 0.5) is 5.69 Å². The zero-order chi connectivity index (χ0) is 16.8. The number of anilines is 1. The van der Waals surface area contributed by atoms with Gasteiger partial charge < -0.3 is 10.4 Å². The Hall–Kier alpha value is -2.44. The summed E-state index contributed by atoms with van der Waals surface area (Å²) in [6.07, 6.45) is -0.0454. The van der Waals surface area contributed by atoms with Crippen molar-refractivity contribution in [3.8, 4) is 0 Å². The highest BCUT2D eigenvalue weighted by Crippen LogP contribution is 2.12. The van der Waals surface area contributed by atoms with Gasteiger partial charge in [0.2, 0.25) is 0 Å². The first-order valence-electron chi connectivity index (χ1n) is 6.62. The third-order valence-electron chi connectivity index (χ3n) is 2.88. The van der Waals surface area contributed by atoms with Crippen LogP contribution in [0, 0.1) is 0 Å². The summed E-state index contributed by atoms with van der Waals surface area (Å²) in [5.41, 5.74) is 1.73. The first kappa shape index (κ1) is 16.9. The highest BCUT2D eigenvalue weighted by atomic mass is 35.5. The number of carbonyl (C=O) groups is 2. The summed E-state index contributed by atoms with van der Waals surface area (Å²) in [5.74, 6) is -1.26. The van der Waals surface area contributed by atoms with Crippen LogP contribution in [0.2, 0.25) is 5.02 Å². The van der Waals surface area contributed by atoms with Crippen LogP contribution in [0.1, 0.15) is 15.9 Å². The normalized spacial score (nSPS) is 9.96. The van der Waals surface area contributed by atoms with Crippen molar-refractivity contribution in [1.29, 1.82) is 0 Å². The maximum absolute atomic E-state index is 12.0. The lowest BCUT2D eigenvalue weighted by Crippen LogP contribution is -2.34. The molecule has 0 fully saturated rings. The average molecular weight is 349 g/mol. The molecule has 5 nitrogen and oxygen atoms in total. The van der Waals surface area contributed by atoms with E-state index >= 15 is 0 Å². The summed E-state index contributed by atoms with van der Waals surface area (Å²) in [5, 5.41) is 14.7. The van der Waals surface area contributed by atoms with Gasteiger partial charge in [-0.2, -0.15) is 0 Å². The zero-order valence-electron chi connectivity index (χ0n) is 11.9. The van der Waals surface area contributed by atoms with E-state index in [1.807, 2.05) is 0 Å². The van der Waals surface area contributed by atoms with E-state index in [1.54, 1.807) is 48.5 Å². The maximum atomic E-state index is 12.0. The van der Waals surface area contributed by atoms with Crippen LogP contribution in [0.25, 0.3) is 0 Å². The lowest BCUT2D eigenvalue weighted by atomic mass is 10.1. The van der Waals surface area contributed by atoms with Crippen molar-refractivity contribution in [3.63, 3.8) is 0 Å². The molecular weight excluding hydrogens is 336 g/mol. The number of aliphatic carboxylic acids is 1. The summed E-state index contributed by atoms with van der Waals surface area (Å²) in [4.78, 5) is 22.6. The van der Waals surface area contributed by atoms with E-state index in [4.69, 9.17) is 28.9 Å². The van der Waals surface area contributed by atoms with Gasteiger partial charge in [-0.1, -0.05) is 29.8 Å². The van der Waals surface area contributed by atoms with Crippen molar-refractivity contribution < 1.29 is 14.7 Å². The fourth-order valence-electron chi connectivity index (χ4n) is 1.85. The summed E-state index contributed by atoms with van der Waals surface area (Å²) in [6, 6.07) is 13.3. The fraction of sp³-hybridized carbons (Fsp3) is 0.0625. The second-order valence-electron chi connectivity index (χ2n) is 4.69. The number of carboxylic acids is 1. The smallest absolute Gasteiger partial charge is 0.307 e. The van der Waals surface area contributed by atoms with Gasteiger partial charge in [0.25, 0.3) is 5.91 Å². The Balaban J connectivity index is 1.94. The molecular formula is C16H13ClN2O3S. The molecule has 0 unspecified atom stereocenters. The number of hydrogen-bond acceptors (Lipinski definition) is 3. The van der Waals surface area contributed by atoms with Crippen molar-refractivity contribution in [1.82, 2.24) is 5.32 Å². The Morgan fingerprint density at radius 1 is 1.13 bits per heavy atom. The molecule has 2 rings (SSSR count). The molecule has 0 atom stereocenters. The second-order valence-corrected chi connectivity index (χ2v) is 5.53. The molecule has 7 heteroatoms. The molecule has 0 saturated heterocycles. The van der Waals surface area contributed by atoms with Gasteiger partial charge in [-0.3, -0.25) is 14.9 Å². The summed E-state index contributed by atoms with van der Waals surface area (Å²) in [6.45, 7) is 0. The quantitative estimate of drug-likeness (QED) is 0.740. The van der Waals surface area contributed by atoms with Crippen LogP contribution in [-0.2, 0) is 11.2 Å². The molecule has 0 aliphatic heterocycles. The van der Waals surface area contributed by atoms with Crippen LogP contribution in [0.5, 0.6) is 0 Å². The Morgan fingerprint density at radius 3 is 2.43 bits per heavy atom. The van der Waals surface area contributed by atoms with E-state index in [0.717, 1.165) is 0 Å². The number of benzene rings is 2. The van der Waals surface area contributed by atoms with Gasteiger partial charge in [0.1, 0.15) is 0 Å². The van der Waals surface area contributed by atoms with E-state index < -0.39 is 5.97 Å². The second kappa shape index (κ2) is 7.71. The number of carboxylic acid groups (broad SMARTS) is 1. The number of rotatable bonds is 4. The fourth-order valence-corrected chi connectivity index (χ4v) is 2.25. The zero-order valence-corrected chi connectivity index (χ0v) is 13.4. The third kappa shape index (κ3) is 5.36. The molecule has 0 saturated carbocycles. The van der Waals surface area contributed by atoms with Crippen molar-refractivity contribution in [2.24, 2.45) is 0 Å². The van der Waals surface area contributed by atoms with Crippen molar-refractivity contribution in [2.45, 2.75) is 6.42 Å². The number of carbonyl (C=O) groups excluding carboxylic acids is 1. The average Bonchev–Trinajstić information content (AvgIpc) is 2.48. The topological polar surface area (TPSA) is 78.4 Å². The molecule has 2 aromatic carbocycles. The highest BCUT2D eigenvalue weighted by Gasteiger charge is 2.08. The first-order chi connectivity index (χ1) is 10.9. The number of hydrogen-bond donors (Lipinski definition) is 3. The molecule has 0 radical (unpaired) electrons. The molecule has 3 N–H and O–H groups in total. The molecule has 0 aromatic heterocycles. The van der Waals surface area contributed by atoms with Gasteiger partial charge in [0, 0.05) is 16.3 Å². The minimum absolute atomic E-state index is 0.0454. The van der Waals surface area contributed by atoms with Crippen molar-refractivity contribution in [2.75, 3.05) is 5.32 Å². The Morgan fingerprint density at radius 2 is 1.83 bits per heavy atom. The first-order valence-corrected chi connectivity index (χ1v) is 7.41. The lowest BCUT2D eigenvalue weighted by molar-refractivity contribution is -0.136. The van der Waals surface area contributed by atoms with Crippen LogP contribution in [0.3, 0.4) is 0 Å². The van der Waals surface area contributed by atoms with Crippen LogP contribution in [-0.4, -0.2) is 22.1 Å². The van der Waals surface area contributed by atoms with Gasteiger partial charge in [0.15, 0.2) is 5.11 Å². The van der Waals surface area contributed by atoms with Crippen molar-refractivity contribution in [3.05, 3.63) is 64.7 Å². The molecule has 23 heavy (non-hydrogen) atoms. The summed E-state index contributed by atoms with van der Waals surface area (Å²) < 4.78 is 0. The number of thiocarbonyl (C=S) groups is 1. The standard InChI is InChI=1S/C16H13ClN2O3S/c17-12-3-1-2-11(9-12)15(22)19-16(23)18-13-6-4-10(5-7-13)8-14(20)21/h1-7,9H,8H2,(H,20,21)(H2,18,19,22,23). The SMILES string of the molecule is O=C(O)Cc1ccc(NC(=S)NC(=O)c2cccc(Cl)c2)cc1. The van der Waals surface area contributed by atoms with E-state index in [2.05, 4.69) is 10.6 Å². The van der Waals surface area contributed by atoms with Gasteiger partial charge in [-0.15, -0.1) is 0 Å². The Kier molecular flexibility index (Phi) is 5.67. The monoisotopic (exact) mass is 348 g/mol. The number of halogens is 1. The third-order valence-corrected chi connectivity index (χ3v) is 3.32. The van der Waals surface area contributed by atoms with Crippen molar-refractivity contribution >= 4 is 46.5 Å². The predicted molar refractivity (Wildman–Crippen MR) is 92.9 cm³/mol. The molecule has 0 spiro atoms. The number of nitrogens with one attached hydrogen (secondary N) is 2. The molecule has 118 valence electrons. The Bertz CT molecular complexity index is 747. The van der Waals surface area contributed by atoms with Gasteiger partial charge in [0.05, 0.1) is 6.42 Å². The predicted octanol–water partition coefficient (Wildman–Crippen LogP) is 3.09. The Labute approximate surface area is 143 Å². The van der Waals surface area contributed by atoms with Gasteiger partial charge >= 0.3 is 5.97 Å². The molecule has 0 heterocycles. The van der Waals surface area contributed by atoms with Crippen LogP contribution < -0.4 is 10.6 Å². The highest BCUT2D eigenvalue weighted by molar-refractivity contribution is 7.80.